The van der Waals surface area contributed by atoms with Gasteiger partial charge in [-0.15, -0.1) is 0 Å². The van der Waals surface area contributed by atoms with Gasteiger partial charge in [-0.05, 0) is 97.4 Å². The lowest BCUT2D eigenvalue weighted by atomic mass is 9.89. The zero-order chi connectivity index (χ0) is 29.5. The summed E-state index contributed by atoms with van der Waals surface area (Å²) in [6, 6.07) is 43.4. The number of fused-ring (bicyclic) bond motifs is 11. The van der Waals surface area contributed by atoms with Crippen molar-refractivity contribution in [2.24, 2.45) is 0 Å². The van der Waals surface area contributed by atoms with Crippen molar-refractivity contribution in [3.05, 3.63) is 178 Å². The highest BCUT2D eigenvalue weighted by atomic mass is 16.3. The lowest BCUT2D eigenvalue weighted by molar-refractivity contribution is 0.663. The molecule has 6 aromatic carbocycles. The lowest BCUT2D eigenvalue weighted by Crippen LogP contribution is -2.29. The Morgan fingerprint density at radius 2 is 0.978 bits per heavy atom. The van der Waals surface area contributed by atoms with E-state index in [4.69, 9.17) is 8.83 Å². The molecule has 2 heterocycles. The van der Waals surface area contributed by atoms with Gasteiger partial charge in [-0.1, -0.05) is 109 Å². The molecule has 10 rings (SSSR count). The van der Waals surface area contributed by atoms with Gasteiger partial charge in [0.05, 0.1) is 0 Å². The van der Waals surface area contributed by atoms with Gasteiger partial charge in [-0.3, -0.25) is 0 Å². The third kappa shape index (κ3) is 3.63. The summed E-state index contributed by atoms with van der Waals surface area (Å²) in [6.45, 7) is 0. The van der Waals surface area contributed by atoms with Crippen LogP contribution in [0.2, 0.25) is 0 Å². The van der Waals surface area contributed by atoms with Gasteiger partial charge in [0.1, 0.15) is 22.3 Å². The average Bonchev–Trinajstić information content (AvgIpc) is 3.50. The molecule has 2 bridgehead atoms. The van der Waals surface area contributed by atoms with E-state index in [-0.39, 0.29) is 0 Å². The number of hydrogen-bond donors (Lipinski definition) is 0. The van der Waals surface area contributed by atoms with E-state index in [1.807, 2.05) is 24.3 Å². The SMILES string of the molecule is C1=CC=C2CC(=C1)C(c1ccc3ccccc3c1)=c1ccccc1=C2c1ccc2oc3ccc4oc5ccccc5c4c3c2c1. The monoisotopic (exact) mass is 574 g/mol. The molecule has 0 spiro atoms. The smallest absolute Gasteiger partial charge is 0.136 e. The molecule has 0 unspecified atom stereocenters. The summed E-state index contributed by atoms with van der Waals surface area (Å²) < 4.78 is 12.7. The fourth-order valence-corrected chi connectivity index (χ4v) is 7.54. The normalized spacial score (nSPS) is 14.7. The van der Waals surface area contributed by atoms with Crippen molar-refractivity contribution in [1.29, 1.82) is 0 Å². The van der Waals surface area contributed by atoms with Gasteiger partial charge < -0.3 is 8.83 Å². The van der Waals surface area contributed by atoms with Crippen LogP contribution in [-0.4, -0.2) is 0 Å². The van der Waals surface area contributed by atoms with Crippen LogP contribution in [0.15, 0.2) is 166 Å². The first-order valence-electron chi connectivity index (χ1n) is 15.5. The van der Waals surface area contributed by atoms with Crippen LogP contribution in [0.1, 0.15) is 17.5 Å². The van der Waals surface area contributed by atoms with Crippen molar-refractivity contribution in [3.63, 3.8) is 0 Å². The molecule has 2 nitrogen and oxygen atoms in total. The minimum Gasteiger partial charge on any atom is -0.456 e. The Morgan fingerprint density at radius 1 is 0.422 bits per heavy atom. The Balaban J connectivity index is 1.32. The van der Waals surface area contributed by atoms with E-state index in [2.05, 4.69) is 121 Å². The molecule has 0 N–H and O–H groups in total. The van der Waals surface area contributed by atoms with Crippen molar-refractivity contribution in [1.82, 2.24) is 0 Å². The minimum atomic E-state index is 0.847. The fraction of sp³-hybridized carbons (Fsp3) is 0.0233. The number of benzene rings is 6. The molecule has 2 aliphatic rings. The zero-order valence-electron chi connectivity index (χ0n) is 24.4. The number of allylic oxidation sites excluding steroid dienone is 6. The first-order chi connectivity index (χ1) is 22.3. The van der Waals surface area contributed by atoms with Crippen LogP contribution in [0.5, 0.6) is 0 Å². The number of furan rings is 2. The molecule has 0 aliphatic heterocycles. The Hall–Kier alpha value is -5.86. The maximum atomic E-state index is 6.44. The standard InChI is InChI=1S/C43H26O2/c1-2-10-27-23-30(18-17-26(27)9-1)40-28-11-3-4-12-29(24-28)41(33-14-6-5-13-32(33)40)31-19-20-37-35(25-31)43-39(45-37)22-21-38-42(43)34-15-7-8-16-36(34)44-38/h1-23,25H,24H2. The molecular weight excluding hydrogens is 548 g/mol. The van der Waals surface area contributed by atoms with Crippen LogP contribution in [0, 0.1) is 0 Å². The van der Waals surface area contributed by atoms with E-state index < -0.39 is 0 Å². The minimum absolute atomic E-state index is 0.847. The summed E-state index contributed by atoms with van der Waals surface area (Å²) in [6.07, 6.45) is 9.79. The van der Waals surface area contributed by atoms with Crippen molar-refractivity contribution in [3.8, 4) is 0 Å². The predicted octanol–water partition coefficient (Wildman–Crippen LogP) is 9.86. The van der Waals surface area contributed by atoms with E-state index in [9.17, 15) is 0 Å². The zero-order valence-corrected chi connectivity index (χ0v) is 24.4. The van der Waals surface area contributed by atoms with Gasteiger partial charge in [0.25, 0.3) is 0 Å². The van der Waals surface area contributed by atoms with Crippen LogP contribution in [0.25, 0.3) is 65.8 Å². The van der Waals surface area contributed by atoms with E-state index in [0.717, 1.165) is 50.3 Å². The van der Waals surface area contributed by atoms with Crippen LogP contribution in [0.4, 0.5) is 0 Å². The highest BCUT2D eigenvalue weighted by molar-refractivity contribution is 6.26. The Labute approximate surface area is 258 Å². The average molecular weight is 575 g/mol. The second-order valence-electron chi connectivity index (χ2n) is 12.0. The summed E-state index contributed by atoms with van der Waals surface area (Å²) in [5, 5.41) is 9.45. The first kappa shape index (κ1) is 24.6. The van der Waals surface area contributed by atoms with E-state index in [0.29, 0.717) is 0 Å². The summed E-state index contributed by atoms with van der Waals surface area (Å²) in [5.41, 5.74) is 11.2. The molecule has 2 aromatic heterocycles. The molecule has 0 fully saturated rings. The molecule has 0 amide bonds. The topological polar surface area (TPSA) is 26.3 Å². The van der Waals surface area contributed by atoms with Crippen molar-refractivity contribution in [2.45, 2.75) is 6.42 Å². The Morgan fingerprint density at radius 3 is 1.73 bits per heavy atom. The number of rotatable bonds is 2. The van der Waals surface area contributed by atoms with Gasteiger partial charge >= 0.3 is 0 Å². The number of para-hydroxylation sites is 1. The molecular formula is C43H26O2. The third-order valence-electron chi connectivity index (χ3n) is 9.50. The van der Waals surface area contributed by atoms with E-state index >= 15 is 0 Å². The third-order valence-corrected chi connectivity index (χ3v) is 9.50. The predicted molar refractivity (Wildman–Crippen MR) is 186 cm³/mol. The van der Waals surface area contributed by atoms with Crippen molar-refractivity contribution >= 4 is 65.8 Å². The molecule has 0 saturated carbocycles. The maximum absolute atomic E-state index is 6.44. The molecule has 210 valence electrons. The highest BCUT2D eigenvalue weighted by Gasteiger charge is 2.23. The molecule has 0 saturated heterocycles. The quantitative estimate of drug-likeness (QED) is 0.205. The summed E-state index contributed by atoms with van der Waals surface area (Å²) in [4.78, 5) is 0. The molecule has 2 aliphatic carbocycles. The van der Waals surface area contributed by atoms with Gasteiger partial charge in [0.15, 0.2) is 0 Å². The lowest BCUT2D eigenvalue weighted by Gasteiger charge is -2.14. The second kappa shape index (κ2) is 9.32. The molecule has 45 heavy (non-hydrogen) atoms. The van der Waals surface area contributed by atoms with E-state index in [1.54, 1.807) is 0 Å². The van der Waals surface area contributed by atoms with Crippen molar-refractivity contribution in [2.75, 3.05) is 0 Å². The summed E-state index contributed by atoms with van der Waals surface area (Å²) in [7, 11) is 0. The van der Waals surface area contributed by atoms with Gasteiger partial charge in [-0.25, -0.2) is 0 Å². The number of hydrogen-bond acceptors (Lipinski definition) is 2. The molecule has 0 atom stereocenters. The van der Waals surface area contributed by atoms with Gasteiger partial charge in [0.2, 0.25) is 0 Å². The Bertz CT molecular complexity index is 2780. The molecule has 0 radical (unpaired) electrons. The molecule has 8 aromatic rings. The maximum Gasteiger partial charge on any atom is 0.136 e. The summed E-state index contributed by atoms with van der Waals surface area (Å²) >= 11 is 0. The van der Waals surface area contributed by atoms with E-state index in [1.165, 1.54) is 54.6 Å². The Kier molecular flexibility index (Phi) is 5.09. The highest BCUT2D eigenvalue weighted by Crippen LogP contribution is 2.42. The van der Waals surface area contributed by atoms with Crippen LogP contribution < -0.4 is 10.4 Å². The van der Waals surface area contributed by atoms with Crippen LogP contribution >= 0.6 is 0 Å². The van der Waals surface area contributed by atoms with Crippen molar-refractivity contribution < 1.29 is 8.83 Å². The van der Waals surface area contributed by atoms with Gasteiger partial charge in [0, 0.05) is 21.5 Å². The molecule has 2 heteroatoms. The van der Waals surface area contributed by atoms with Crippen LogP contribution in [0.3, 0.4) is 0 Å². The van der Waals surface area contributed by atoms with Crippen LogP contribution in [-0.2, 0) is 0 Å². The largest absolute Gasteiger partial charge is 0.456 e. The second-order valence-corrected chi connectivity index (χ2v) is 12.0. The van der Waals surface area contributed by atoms with Gasteiger partial charge in [-0.2, -0.15) is 0 Å². The summed E-state index contributed by atoms with van der Waals surface area (Å²) in [5.74, 6) is 0. The fourth-order valence-electron chi connectivity index (χ4n) is 7.54. The first-order valence-corrected chi connectivity index (χ1v) is 15.5.